The average Bonchev–Trinajstić information content (AvgIpc) is 2.87. The number of nitrogens with zero attached hydrogens (tertiary/aromatic N) is 2. The van der Waals surface area contributed by atoms with E-state index in [4.69, 9.17) is 4.42 Å². The summed E-state index contributed by atoms with van der Waals surface area (Å²) in [7, 11) is 1.35. The zero-order valence-corrected chi connectivity index (χ0v) is 10.2. The average molecular weight is 250 g/mol. The molecule has 17 heavy (non-hydrogen) atoms. The monoisotopic (exact) mass is 250 g/mol. The van der Waals surface area contributed by atoms with Crippen molar-refractivity contribution in [3.63, 3.8) is 0 Å². The molecule has 0 radical (unpaired) electrons. The normalized spacial score (nSPS) is 10.2. The van der Waals surface area contributed by atoms with Gasteiger partial charge in [-0.1, -0.05) is 11.8 Å². The van der Waals surface area contributed by atoms with Crippen LogP contribution in [-0.4, -0.2) is 29.5 Å². The van der Waals surface area contributed by atoms with Gasteiger partial charge in [0.25, 0.3) is 5.22 Å². The quantitative estimate of drug-likeness (QED) is 0.615. The molecule has 0 saturated carbocycles. The Morgan fingerprint density at radius 2 is 2.00 bits per heavy atom. The lowest BCUT2D eigenvalue weighted by atomic mass is 10.1. The molecule has 0 spiro atoms. The van der Waals surface area contributed by atoms with Crippen LogP contribution in [0.2, 0.25) is 0 Å². The molecule has 0 unspecified atom stereocenters. The van der Waals surface area contributed by atoms with Crippen molar-refractivity contribution in [2.45, 2.75) is 5.22 Å². The summed E-state index contributed by atoms with van der Waals surface area (Å²) in [4.78, 5) is 11.2. The number of hydrogen-bond donors (Lipinski definition) is 0. The number of methoxy groups -OCH3 is 1. The maximum absolute atomic E-state index is 11.2. The van der Waals surface area contributed by atoms with Gasteiger partial charge in [0.15, 0.2) is 0 Å². The summed E-state index contributed by atoms with van der Waals surface area (Å²) in [6, 6.07) is 6.79. The molecule has 1 heterocycles. The topological polar surface area (TPSA) is 65.2 Å². The van der Waals surface area contributed by atoms with E-state index in [0.29, 0.717) is 16.7 Å². The molecule has 1 aromatic carbocycles. The molecule has 0 aliphatic heterocycles. The maximum Gasteiger partial charge on any atom is 0.337 e. The van der Waals surface area contributed by atoms with Gasteiger partial charge in [0.1, 0.15) is 0 Å². The number of carbonyl (C=O) groups is 1. The Hall–Kier alpha value is -1.82. The van der Waals surface area contributed by atoms with Gasteiger partial charge in [0.2, 0.25) is 5.89 Å². The highest BCUT2D eigenvalue weighted by Crippen LogP contribution is 2.21. The van der Waals surface area contributed by atoms with Gasteiger partial charge >= 0.3 is 5.97 Å². The van der Waals surface area contributed by atoms with E-state index in [1.165, 1.54) is 18.9 Å². The van der Waals surface area contributed by atoms with Crippen molar-refractivity contribution in [1.29, 1.82) is 0 Å². The van der Waals surface area contributed by atoms with Crippen LogP contribution in [0, 0.1) is 0 Å². The molecule has 0 aliphatic carbocycles. The Balaban J connectivity index is 2.25. The largest absolute Gasteiger partial charge is 0.465 e. The van der Waals surface area contributed by atoms with Crippen molar-refractivity contribution in [1.82, 2.24) is 10.2 Å². The summed E-state index contributed by atoms with van der Waals surface area (Å²) in [6.45, 7) is 0. The van der Waals surface area contributed by atoms with E-state index >= 15 is 0 Å². The molecule has 0 saturated heterocycles. The van der Waals surface area contributed by atoms with E-state index in [1.807, 2.05) is 6.26 Å². The second-order valence-corrected chi connectivity index (χ2v) is 3.90. The second kappa shape index (κ2) is 5.01. The summed E-state index contributed by atoms with van der Waals surface area (Å²) < 4.78 is 9.98. The summed E-state index contributed by atoms with van der Waals surface area (Å²) in [5.74, 6) is 0.0673. The number of aromatic nitrogens is 2. The minimum Gasteiger partial charge on any atom is -0.465 e. The first-order valence-corrected chi connectivity index (χ1v) is 6.03. The first-order chi connectivity index (χ1) is 8.24. The lowest BCUT2D eigenvalue weighted by Gasteiger charge is -1.99. The maximum atomic E-state index is 11.2. The van der Waals surface area contributed by atoms with Crippen LogP contribution in [0.15, 0.2) is 33.9 Å². The Morgan fingerprint density at radius 3 is 2.53 bits per heavy atom. The van der Waals surface area contributed by atoms with Crippen molar-refractivity contribution in [2.75, 3.05) is 13.4 Å². The first kappa shape index (κ1) is 11.7. The molecule has 1 aromatic heterocycles. The molecule has 0 aliphatic rings. The number of hydrogen-bond acceptors (Lipinski definition) is 6. The summed E-state index contributed by atoms with van der Waals surface area (Å²) >= 11 is 1.38. The Morgan fingerprint density at radius 1 is 1.29 bits per heavy atom. The van der Waals surface area contributed by atoms with Crippen LogP contribution in [0.1, 0.15) is 10.4 Å². The molecule has 0 atom stereocenters. The smallest absolute Gasteiger partial charge is 0.337 e. The second-order valence-electron chi connectivity index (χ2n) is 3.15. The van der Waals surface area contributed by atoms with E-state index in [1.54, 1.807) is 24.3 Å². The minimum absolute atomic E-state index is 0.369. The number of ether oxygens (including phenoxy) is 1. The third-order valence-electron chi connectivity index (χ3n) is 2.13. The molecule has 88 valence electrons. The zero-order chi connectivity index (χ0) is 12.3. The highest BCUT2D eigenvalue weighted by molar-refractivity contribution is 7.98. The molecule has 0 amide bonds. The van der Waals surface area contributed by atoms with Crippen molar-refractivity contribution in [3.8, 4) is 11.5 Å². The summed E-state index contributed by atoms with van der Waals surface area (Å²) in [6.07, 6.45) is 1.86. The molecule has 2 rings (SSSR count). The molecule has 2 aromatic rings. The van der Waals surface area contributed by atoms with Gasteiger partial charge in [0, 0.05) is 5.56 Å². The zero-order valence-electron chi connectivity index (χ0n) is 9.34. The standard InChI is InChI=1S/C11H10N2O3S/c1-15-10(14)8-5-3-7(4-6-8)9-12-13-11(16-9)17-2/h3-6H,1-2H3. The van der Waals surface area contributed by atoms with Crippen molar-refractivity contribution < 1.29 is 13.9 Å². The molecule has 0 N–H and O–H groups in total. The van der Waals surface area contributed by atoms with Crippen LogP contribution in [0.3, 0.4) is 0 Å². The third-order valence-corrected chi connectivity index (χ3v) is 2.65. The number of thioether (sulfide) groups is 1. The van der Waals surface area contributed by atoms with Crippen LogP contribution in [0.5, 0.6) is 0 Å². The van der Waals surface area contributed by atoms with E-state index in [-0.39, 0.29) is 5.97 Å². The number of esters is 1. The van der Waals surface area contributed by atoms with Crippen molar-refractivity contribution in [3.05, 3.63) is 29.8 Å². The van der Waals surface area contributed by atoms with E-state index < -0.39 is 0 Å². The molecule has 0 fully saturated rings. The van der Waals surface area contributed by atoms with Gasteiger partial charge in [-0.05, 0) is 30.5 Å². The van der Waals surface area contributed by atoms with Gasteiger partial charge in [-0.2, -0.15) is 0 Å². The highest BCUT2D eigenvalue weighted by atomic mass is 32.2. The Labute approximate surface area is 102 Å². The van der Waals surface area contributed by atoms with Gasteiger partial charge < -0.3 is 9.15 Å². The fraction of sp³-hybridized carbons (Fsp3) is 0.182. The van der Waals surface area contributed by atoms with E-state index in [9.17, 15) is 4.79 Å². The van der Waals surface area contributed by atoms with Gasteiger partial charge in [-0.3, -0.25) is 0 Å². The SMILES string of the molecule is COC(=O)c1ccc(-c2nnc(SC)o2)cc1. The fourth-order valence-electron chi connectivity index (χ4n) is 1.28. The minimum atomic E-state index is -0.369. The predicted octanol–water partition coefficient (Wildman–Crippen LogP) is 2.25. The molecular weight excluding hydrogens is 240 g/mol. The molecule has 5 nitrogen and oxygen atoms in total. The van der Waals surface area contributed by atoms with Gasteiger partial charge in [0.05, 0.1) is 12.7 Å². The fourth-order valence-corrected chi connectivity index (χ4v) is 1.56. The predicted molar refractivity (Wildman–Crippen MR) is 62.9 cm³/mol. The third kappa shape index (κ3) is 2.47. The first-order valence-electron chi connectivity index (χ1n) is 4.81. The number of benzene rings is 1. The van der Waals surface area contributed by atoms with Crippen LogP contribution in [-0.2, 0) is 4.74 Å². The van der Waals surface area contributed by atoms with Crippen molar-refractivity contribution in [2.24, 2.45) is 0 Å². The van der Waals surface area contributed by atoms with Crippen molar-refractivity contribution >= 4 is 17.7 Å². The number of rotatable bonds is 3. The Bertz CT molecular complexity index is 522. The molecule has 6 heteroatoms. The molecule has 0 bridgehead atoms. The van der Waals surface area contributed by atoms with Crippen LogP contribution in [0.25, 0.3) is 11.5 Å². The van der Waals surface area contributed by atoms with Crippen LogP contribution in [0.4, 0.5) is 0 Å². The van der Waals surface area contributed by atoms with E-state index in [0.717, 1.165) is 5.56 Å². The lowest BCUT2D eigenvalue weighted by Crippen LogP contribution is -2.00. The summed E-state index contributed by atoms with van der Waals surface area (Å²) in [5, 5.41) is 8.25. The summed E-state index contributed by atoms with van der Waals surface area (Å²) in [5.41, 5.74) is 1.26. The van der Waals surface area contributed by atoms with E-state index in [2.05, 4.69) is 14.9 Å². The van der Waals surface area contributed by atoms with Crippen LogP contribution < -0.4 is 0 Å². The highest BCUT2D eigenvalue weighted by Gasteiger charge is 2.09. The Kier molecular flexibility index (Phi) is 3.43. The molecular formula is C11H10N2O3S. The van der Waals surface area contributed by atoms with Gasteiger partial charge in [-0.25, -0.2) is 4.79 Å². The van der Waals surface area contributed by atoms with Crippen LogP contribution >= 0.6 is 11.8 Å². The lowest BCUT2D eigenvalue weighted by molar-refractivity contribution is 0.0601. The van der Waals surface area contributed by atoms with Gasteiger partial charge in [-0.15, -0.1) is 10.2 Å². The number of carbonyl (C=O) groups excluding carboxylic acids is 1.